The van der Waals surface area contributed by atoms with E-state index in [-0.39, 0.29) is 0 Å². The van der Waals surface area contributed by atoms with Crippen LogP contribution in [0.4, 0.5) is 0 Å². The number of thioether (sulfide) groups is 1. The quantitative estimate of drug-likeness (QED) is 0.710. The van der Waals surface area contributed by atoms with Crippen LogP contribution in [0, 0.1) is 0 Å². The minimum atomic E-state index is 0.444. The summed E-state index contributed by atoms with van der Waals surface area (Å²) in [7, 11) is 0. The third kappa shape index (κ3) is 3.61. The first-order valence-electron chi connectivity index (χ1n) is 4.93. The Hall–Kier alpha value is -0.150. The van der Waals surface area contributed by atoms with Gasteiger partial charge < -0.3 is 10.1 Å². The van der Waals surface area contributed by atoms with Gasteiger partial charge in [-0.25, -0.2) is 0 Å². The van der Waals surface area contributed by atoms with E-state index in [0.717, 1.165) is 25.3 Å². The van der Waals surface area contributed by atoms with Crippen molar-refractivity contribution in [2.75, 3.05) is 25.2 Å². The van der Waals surface area contributed by atoms with Gasteiger partial charge >= 0.3 is 0 Å². The van der Waals surface area contributed by atoms with Crippen molar-refractivity contribution in [2.24, 2.45) is 0 Å². The van der Waals surface area contributed by atoms with E-state index in [1.165, 1.54) is 12.2 Å². The van der Waals surface area contributed by atoms with E-state index in [9.17, 15) is 0 Å². The van der Waals surface area contributed by atoms with Crippen LogP contribution in [0.2, 0.25) is 0 Å². The second-order valence-electron chi connectivity index (χ2n) is 3.14. The SMILES string of the molecule is CCNC(CCSC)C1=CCCO1. The highest BCUT2D eigenvalue weighted by atomic mass is 32.2. The first-order chi connectivity index (χ1) is 6.38. The molecule has 1 aliphatic rings. The molecule has 1 N–H and O–H groups in total. The fourth-order valence-corrected chi connectivity index (χ4v) is 1.98. The molecule has 0 aromatic heterocycles. The van der Waals surface area contributed by atoms with Gasteiger partial charge in [-0.1, -0.05) is 6.92 Å². The zero-order chi connectivity index (χ0) is 9.52. The summed E-state index contributed by atoms with van der Waals surface area (Å²) in [6.07, 6.45) is 6.61. The molecule has 0 saturated carbocycles. The Morgan fingerprint density at radius 1 is 1.69 bits per heavy atom. The van der Waals surface area contributed by atoms with Crippen molar-refractivity contribution in [2.45, 2.75) is 25.8 Å². The lowest BCUT2D eigenvalue weighted by molar-refractivity contribution is 0.214. The highest BCUT2D eigenvalue weighted by Gasteiger charge is 2.16. The second-order valence-corrected chi connectivity index (χ2v) is 4.12. The Labute approximate surface area is 85.1 Å². The summed E-state index contributed by atoms with van der Waals surface area (Å²) in [5, 5.41) is 3.45. The van der Waals surface area contributed by atoms with Crippen molar-refractivity contribution in [3.8, 4) is 0 Å². The molecule has 3 heteroatoms. The predicted octanol–water partition coefficient (Wildman–Crippen LogP) is 2.02. The molecule has 0 saturated heterocycles. The van der Waals surface area contributed by atoms with Crippen LogP contribution in [-0.4, -0.2) is 31.2 Å². The van der Waals surface area contributed by atoms with E-state index in [4.69, 9.17) is 4.74 Å². The maximum Gasteiger partial charge on any atom is 0.109 e. The van der Waals surface area contributed by atoms with Crippen molar-refractivity contribution in [1.29, 1.82) is 0 Å². The average Bonchev–Trinajstić information content (AvgIpc) is 2.65. The summed E-state index contributed by atoms with van der Waals surface area (Å²) in [5.41, 5.74) is 0. The Morgan fingerprint density at radius 2 is 2.54 bits per heavy atom. The van der Waals surface area contributed by atoms with Gasteiger partial charge in [-0.2, -0.15) is 11.8 Å². The van der Waals surface area contributed by atoms with E-state index in [1.807, 2.05) is 11.8 Å². The monoisotopic (exact) mass is 201 g/mol. The smallest absolute Gasteiger partial charge is 0.109 e. The zero-order valence-electron chi connectivity index (χ0n) is 8.51. The number of nitrogens with one attached hydrogen (secondary N) is 1. The molecule has 13 heavy (non-hydrogen) atoms. The van der Waals surface area contributed by atoms with Gasteiger partial charge in [-0.3, -0.25) is 0 Å². The summed E-state index contributed by atoms with van der Waals surface area (Å²) >= 11 is 1.89. The molecule has 1 aliphatic heterocycles. The molecule has 2 nitrogen and oxygen atoms in total. The molecule has 0 spiro atoms. The number of ether oxygens (including phenoxy) is 1. The third-order valence-electron chi connectivity index (χ3n) is 2.14. The Bertz CT molecular complexity index is 170. The lowest BCUT2D eigenvalue weighted by Crippen LogP contribution is -2.31. The van der Waals surface area contributed by atoms with Gasteiger partial charge in [0.05, 0.1) is 12.6 Å². The number of hydrogen-bond donors (Lipinski definition) is 1. The van der Waals surface area contributed by atoms with E-state index < -0.39 is 0 Å². The highest BCUT2D eigenvalue weighted by molar-refractivity contribution is 7.98. The Balaban J connectivity index is 2.36. The van der Waals surface area contributed by atoms with Crippen LogP contribution >= 0.6 is 11.8 Å². The minimum Gasteiger partial charge on any atom is -0.496 e. The van der Waals surface area contributed by atoms with Gasteiger partial charge in [-0.05, 0) is 31.1 Å². The molecule has 1 heterocycles. The Kier molecular flexibility index (Phi) is 5.32. The molecule has 1 unspecified atom stereocenters. The van der Waals surface area contributed by atoms with Crippen molar-refractivity contribution in [3.63, 3.8) is 0 Å². The second kappa shape index (κ2) is 6.33. The molecule has 0 radical (unpaired) electrons. The summed E-state index contributed by atoms with van der Waals surface area (Å²) in [4.78, 5) is 0. The molecular weight excluding hydrogens is 182 g/mol. The van der Waals surface area contributed by atoms with Gasteiger partial charge in [0.2, 0.25) is 0 Å². The molecule has 0 aromatic carbocycles. The molecule has 0 amide bonds. The van der Waals surface area contributed by atoms with Gasteiger partial charge in [-0.15, -0.1) is 0 Å². The molecule has 1 rings (SSSR count). The van der Waals surface area contributed by atoms with Crippen molar-refractivity contribution >= 4 is 11.8 Å². The van der Waals surface area contributed by atoms with Gasteiger partial charge in [0.25, 0.3) is 0 Å². The van der Waals surface area contributed by atoms with E-state index in [2.05, 4.69) is 24.6 Å². The largest absolute Gasteiger partial charge is 0.496 e. The van der Waals surface area contributed by atoms with Crippen LogP contribution in [0.3, 0.4) is 0 Å². The number of hydrogen-bond acceptors (Lipinski definition) is 3. The highest BCUT2D eigenvalue weighted by Crippen LogP contribution is 2.17. The van der Waals surface area contributed by atoms with Gasteiger partial charge in [0, 0.05) is 6.42 Å². The molecule has 76 valence electrons. The van der Waals surface area contributed by atoms with Crippen molar-refractivity contribution < 1.29 is 4.74 Å². The van der Waals surface area contributed by atoms with Gasteiger partial charge in [0.1, 0.15) is 5.76 Å². The van der Waals surface area contributed by atoms with Crippen LogP contribution in [-0.2, 0) is 4.74 Å². The van der Waals surface area contributed by atoms with Crippen molar-refractivity contribution in [1.82, 2.24) is 5.32 Å². The lowest BCUT2D eigenvalue weighted by atomic mass is 10.2. The van der Waals surface area contributed by atoms with Crippen LogP contribution in [0.25, 0.3) is 0 Å². The van der Waals surface area contributed by atoms with Gasteiger partial charge in [0.15, 0.2) is 0 Å². The van der Waals surface area contributed by atoms with E-state index >= 15 is 0 Å². The number of rotatable bonds is 6. The van der Waals surface area contributed by atoms with E-state index in [1.54, 1.807) is 0 Å². The summed E-state index contributed by atoms with van der Waals surface area (Å²) in [6.45, 7) is 4.03. The molecule has 0 bridgehead atoms. The molecular formula is C10H19NOS. The molecule has 0 fully saturated rings. The number of likely N-dealkylation sites (N-methyl/N-ethyl adjacent to an activating group) is 1. The van der Waals surface area contributed by atoms with Crippen molar-refractivity contribution in [3.05, 3.63) is 11.8 Å². The predicted molar refractivity (Wildman–Crippen MR) is 59.1 cm³/mol. The normalized spacial score (nSPS) is 18.2. The molecule has 0 aromatic rings. The zero-order valence-corrected chi connectivity index (χ0v) is 9.32. The van der Waals surface area contributed by atoms with Crippen LogP contribution in [0.5, 0.6) is 0 Å². The topological polar surface area (TPSA) is 21.3 Å². The first-order valence-corrected chi connectivity index (χ1v) is 6.33. The minimum absolute atomic E-state index is 0.444. The fraction of sp³-hybridized carbons (Fsp3) is 0.800. The van der Waals surface area contributed by atoms with Crippen LogP contribution < -0.4 is 5.32 Å². The molecule has 1 atom stereocenters. The first kappa shape index (κ1) is 10.9. The third-order valence-corrected chi connectivity index (χ3v) is 2.78. The van der Waals surface area contributed by atoms with Crippen LogP contribution in [0.1, 0.15) is 19.8 Å². The summed E-state index contributed by atoms with van der Waals surface area (Å²) in [6, 6.07) is 0.444. The lowest BCUT2D eigenvalue weighted by Gasteiger charge is -2.18. The maximum atomic E-state index is 5.55. The van der Waals surface area contributed by atoms with E-state index in [0.29, 0.717) is 6.04 Å². The fourth-order valence-electron chi connectivity index (χ4n) is 1.51. The Morgan fingerprint density at radius 3 is 3.08 bits per heavy atom. The van der Waals surface area contributed by atoms with Crippen LogP contribution in [0.15, 0.2) is 11.8 Å². The summed E-state index contributed by atoms with van der Waals surface area (Å²) < 4.78 is 5.55. The standard InChI is InChI=1S/C10H19NOS/c1-3-11-9(6-8-13-2)10-5-4-7-12-10/h5,9,11H,3-4,6-8H2,1-2H3. The molecule has 0 aliphatic carbocycles. The maximum absolute atomic E-state index is 5.55. The average molecular weight is 201 g/mol. The summed E-state index contributed by atoms with van der Waals surface area (Å²) in [5.74, 6) is 2.36.